The van der Waals surface area contributed by atoms with E-state index in [0.717, 1.165) is 30.6 Å². The van der Waals surface area contributed by atoms with Gasteiger partial charge in [-0.15, -0.1) is 0 Å². The SMILES string of the molecule is Cc1ccccc1CN(c1ccc(C(=O)NC[C@H]2CCCO2)cc1)S(C)(=O)=O. The van der Waals surface area contributed by atoms with Crippen LogP contribution in [-0.2, 0) is 21.3 Å². The highest BCUT2D eigenvalue weighted by atomic mass is 32.2. The van der Waals surface area contributed by atoms with Gasteiger partial charge in [0.15, 0.2) is 0 Å². The van der Waals surface area contributed by atoms with Gasteiger partial charge in [0, 0.05) is 18.7 Å². The normalized spacial score (nSPS) is 16.7. The first kappa shape index (κ1) is 20.4. The summed E-state index contributed by atoms with van der Waals surface area (Å²) in [6.45, 7) is 3.44. The lowest BCUT2D eigenvalue weighted by atomic mass is 10.1. The van der Waals surface area contributed by atoms with Gasteiger partial charge >= 0.3 is 0 Å². The molecular formula is C21H26N2O4S. The lowest BCUT2D eigenvalue weighted by Crippen LogP contribution is -2.32. The monoisotopic (exact) mass is 402 g/mol. The van der Waals surface area contributed by atoms with Gasteiger partial charge in [-0.3, -0.25) is 9.10 Å². The van der Waals surface area contributed by atoms with E-state index in [9.17, 15) is 13.2 Å². The highest BCUT2D eigenvalue weighted by Gasteiger charge is 2.20. The fourth-order valence-corrected chi connectivity index (χ4v) is 4.11. The number of ether oxygens (including phenoxy) is 1. The lowest BCUT2D eigenvalue weighted by molar-refractivity contribution is 0.0858. The van der Waals surface area contributed by atoms with Gasteiger partial charge in [0.1, 0.15) is 0 Å². The van der Waals surface area contributed by atoms with Crippen molar-refractivity contribution in [2.24, 2.45) is 0 Å². The first-order valence-corrected chi connectivity index (χ1v) is 11.2. The molecule has 0 radical (unpaired) electrons. The summed E-state index contributed by atoms with van der Waals surface area (Å²) in [5.41, 5.74) is 2.99. The van der Waals surface area contributed by atoms with Crippen LogP contribution in [-0.4, -0.2) is 39.8 Å². The third-order valence-corrected chi connectivity index (χ3v) is 6.05. The first-order valence-electron chi connectivity index (χ1n) is 9.36. The van der Waals surface area contributed by atoms with E-state index < -0.39 is 10.0 Å². The molecule has 0 bridgehead atoms. The highest BCUT2D eigenvalue weighted by molar-refractivity contribution is 7.92. The second kappa shape index (κ2) is 8.75. The lowest BCUT2D eigenvalue weighted by Gasteiger charge is -2.23. The van der Waals surface area contributed by atoms with E-state index in [4.69, 9.17) is 4.74 Å². The van der Waals surface area contributed by atoms with E-state index in [1.54, 1.807) is 24.3 Å². The molecule has 1 saturated heterocycles. The number of hydrogen-bond donors (Lipinski definition) is 1. The molecule has 0 spiro atoms. The van der Waals surface area contributed by atoms with Gasteiger partial charge in [0.05, 0.1) is 24.6 Å². The third kappa shape index (κ3) is 5.11. The largest absolute Gasteiger partial charge is 0.376 e. The molecule has 2 aromatic rings. The number of nitrogens with zero attached hydrogens (tertiary/aromatic N) is 1. The van der Waals surface area contributed by atoms with Gasteiger partial charge in [-0.05, 0) is 55.2 Å². The van der Waals surface area contributed by atoms with Crippen LogP contribution in [0.5, 0.6) is 0 Å². The molecule has 6 nitrogen and oxygen atoms in total. The van der Waals surface area contributed by atoms with Crippen LogP contribution in [0.4, 0.5) is 5.69 Å². The topological polar surface area (TPSA) is 75.7 Å². The molecule has 1 atom stereocenters. The van der Waals surface area contributed by atoms with Crippen LogP contribution >= 0.6 is 0 Å². The number of aryl methyl sites for hydroxylation is 1. The average Bonchev–Trinajstić information content (AvgIpc) is 3.18. The van der Waals surface area contributed by atoms with E-state index in [2.05, 4.69) is 5.32 Å². The van der Waals surface area contributed by atoms with E-state index in [1.807, 2.05) is 31.2 Å². The number of benzene rings is 2. The summed E-state index contributed by atoms with van der Waals surface area (Å²) in [7, 11) is -3.47. The van der Waals surface area contributed by atoms with E-state index >= 15 is 0 Å². The number of carbonyl (C=O) groups excluding carboxylic acids is 1. The average molecular weight is 403 g/mol. The van der Waals surface area contributed by atoms with E-state index in [1.165, 1.54) is 10.6 Å². The number of hydrogen-bond acceptors (Lipinski definition) is 4. The molecule has 1 heterocycles. The van der Waals surface area contributed by atoms with Gasteiger partial charge in [-0.25, -0.2) is 8.42 Å². The number of amides is 1. The molecule has 1 N–H and O–H groups in total. The van der Waals surface area contributed by atoms with E-state index in [0.29, 0.717) is 17.8 Å². The van der Waals surface area contributed by atoms with Crippen molar-refractivity contribution in [3.63, 3.8) is 0 Å². The number of anilines is 1. The second-order valence-electron chi connectivity index (χ2n) is 7.09. The molecule has 0 saturated carbocycles. The van der Waals surface area contributed by atoms with E-state index in [-0.39, 0.29) is 18.6 Å². The Hall–Kier alpha value is -2.38. The maximum absolute atomic E-state index is 12.3. The molecule has 1 amide bonds. The summed E-state index contributed by atoms with van der Waals surface area (Å²) in [4.78, 5) is 12.3. The smallest absolute Gasteiger partial charge is 0.251 e. The Morgan fingerprint density at radius 1 is 1.18 bits per heavy atom. The van der Waals surface area contributed by atoms with Crippen molar-refractivity contribution in [2.75, 3.05) is 23.7 Å². The summed E-state index contributed by atoms with van der Waals surface area (Å²) in [5.74, 6) is -0.188. The van der Waals surface area contributed by atoms with Gasteiger partial charge in [0.2, 0.25) is 10.0 Å². The van der Waals surface area contributed by atoms with Crippen LogP contribution in [0.3, 0.4) is 0 Å². The summed E-state index contributed by atoms with van der Waals surface area (Å²) < 4.78 is 31.6. The Labute approximate surface area is 166 Å². The van der Waals surface area contributed by atoms with Crippen LogP contribution in [0, 0.1) is 6.92 Å². The minimum atomic E-state index is -3.47. The Kier molecular flexibility index (Phi) is 6.36. The maximum Gasteiger partial charge on any atom is 0.251 e. The number of rotatable bonds is 7. The van der Waals surface area contributed by atoms with Crippen molar-refractivity contribution in [2.45, 2.75) is 32.4 Å². The van der Waals surface area contributed by atoms with Crippen molar-refractivity contribution >= 4 is 21.6 Å². The summed E-state index contributed by atoms with van der Waals surface area (Å²) in [5, 5.41) is 2.87. The first-order chi connectivity index (χ1) is 13.3. The fraction of sp³-hybridized carbons (Fsp3) is 0.381. The molecule has 0 aromatic heterocycles. The zero-order chi connectivity index (χ0) is 20.1. The molecule has 0 aliphatic carbocycles. The van der Waals surface area contributed by atoms with Gasteiger partial charge in [-0.2, -0.15) is 0 Å². The molecule has 7 heteroatoms. The molecule has 1 aliphatic heterocycles. The van der Waals surface area contributed by atoms with Crippen molar-refractivity contribution in [1.29, 1.82) is 0 Å². The Morgan fingerprint density at radius 3 is 2.50 bits per heavy atom. The van der Waals surface area contributed by atoms with Crippen molar-refractivity contribution in [1.82, 2.24) is 5.32 Å². The molecule has 150 valence electrons. The van der Waals surface area contributed by atoms with Crippen LogP contribution in [0.1, 0.15) is 34.3 Å². The maximum atomic E-state index is 12.3. The van der Waals surface area contributed by atoms with Gasteiger partial charge in [-0.1, -0.05) is 24.3 Å². The molecule has 1 fully saturated rings. The molecule has 1 aliphatic rings. The van der Waals surface area contributed by atoms with Gasteiger partial charge < -0.3 is 10.1 Å². The molecular weight excluding hydrogens is 376 g/mol. The molecule has 2 aromatic carbocycles. The number of nitrogens with one attached hydrogen (secondary N) is 1. The highest BCUT2D eigenvalue weighted by Crippen LogP contribution is 2.22. The third-order valence-electron chi connectivity index (χ3n) is 4.91. The van der Waals surface area contributed by atoms with Crippen molar-refractivity contribution < 1.29 is 17.9 Å². The van der Waals surface area contributed by atoms with Gasteiger partial charge in [0.25, 0.3) is 5.91 Å². The molecule has 0 unspecified atom stereocenters. The Balaban J connectivity index is 1.73. The van der Waals surface area contributed by atoms with Crippen LogP contribution in [0.25, 0.3) is 0 Å². The Bertz CT molecular complexity index is 920. The summed E-state index contributed by atoms with van der Waals surface area (Å²) >= 11 is 0. The molecule has 28 heavy (non-hydrogen) atoms. The number of carbonyl (C=O) groups is 1. The minimum Gasteiger partial charge on any atom is -0.376 e. The summed E-state index contributed by atoms with van der Waals surface area (Å²) in [6, 6.07) is 14.3. The number of sulfonamides is 1. The zero-order valence-electron chi connectivity index (χ0n) is 16.2. The predicted molar refractivity (Wildman–Crippen MR) is 110 cm³/mol. The van der Waals surface area contributed by atoms with Crippen molar-refractivity contribution in [3.8, 4) is 0 Å². The quantitative estimate of drug-likeness (QED) is 0.773. The van der Waals surface area contributed by atoms with Crippen LogP contribution < -0.4 is 9.62 Å². The minimum absolute atomic E-state index is 0.0815. The fourth-order valence-electron chi connectivity index (χ4n) is 3.24. The van der Waals surface area contributed by atoms with Crippen LogP contribution in [0.2, 0.25) is 0 Å². The van der Waals surface area contributed by atoms with Crippen molar-refractivity contribution in [3.05, 3.63) is 65.2 Å². The standard InChI is InChI=1S/C21H26N2O4S/c1-16-6-3-4-7-18(16)15-23(28(2,25)26)19-11-9-17(10-12-19)21(24)22-14-20-8-5-13-27-20/h3-4,6-7,9-12,20H,5,8,13-15H2,1-2H3,(H,22,24)/t20-/m1/s1. The Morgan fingerprint density at radius 2 is 1.89 bits per heavy atom. The summed E-state index contributed by atoms with van der Waals surface area (Å²) in [6.07, 6.45) is 3.25. The molecule has 3 rings (SSSR count). The second-order valence-corrected chi connectivity index (χ2v) is 8.99. The zero-order valence-corrected chi connectivity index (χ0v) is 17.0. The van der Waals surface area contributed by atoms with Crippen LogP contribution in [0.15, 0.2) is 48.5 Å². The predicted octanol–water partition coefficient (Wildman–Crippen LogP) is 2.87.